The summed E-state index contributed by atoms with van der Waals surface area (Å²) in [5.41, 5.74) is 0. The maximum absolute atomic E-state index is 9.99. The molecule has 0 N–H and O–H groups in total. The lowest BCUT2D eigenvalue weighted by Crippen LogP contribution is -1.69. The van der Waals surface area contributed by atoms with E-state index < -0.39 is 10.6 Å². The van der Waals surface area contributed by atoms with Gasteiger partial charge < -0.3 is 0 Å². The molecule has 0 aliphatic rings. The third-order valence-corrected chi connectivity index (χ3v) is 0. The van der Waals surface area contributed by atoms with Gasteiger partial charge in [-0.25, -0.2) is 0 Å². The highest BCUT2D eigenvalue weighted by atomic mass is 35.5. The largest absolute Gasteiger partial charge is 0.476 e. The first-order chi connectivity index (χ1) is 2.00. The Kier molecular flexibility index (Phi) is 3.62. The van der Waals surface area contributed by atoms with Crippen LogP contribution in [0, 0.1) is 0 Å². The maximum Gasteiger partial charge on any atom is 0.476 e. The Morgan fingerprint density at radius 2 is 1.17 bits per heavy atom. The molecule has 0 fully saturated rings. The minimum Gasteiger partial charge on any atom is -0.160 e. The molecule has 0 atom stereocenters. The van der Waals surface area contributed by atoms with E-state index >= 15 is 0 Å². The summed E-state index contributed by atoms with van der Waals surface area (Å²) in [6.45, 7) is 0. The van der Waals surface area contributed by atoms with Crippen LogP contribution in [0.3, 0.4) is 0 Å². The zero-order chi connectivity index (χ0) is 4.50. The first kappa shape index (κ1) is 9.44. The molecule has 0 aromatic rings. The van der Waals surface area contributed by atoms with Crippen LogP contribution in [0.25, 0.3) is 0 Å². The van der Waals surface area contributed by atoms with Crippen molar-refractivity contribution in [3.8, 4) is 0 Å². The van der Waals surface area contributed by atoms with E-state index in [1.54, 1.807) is 0 Å². The molecule has 0 bridgehead atoms. The highest BCUT2D eigenvalue weighted by Crippen LogP contribution is 1.85. The molecule has 0 amide bonds. The van der Waals surface area contributed by atoms with E-state index in [-0.39, 0.29) is 12.4 Å². The molecule has 0 saturated carbocycles. The van der Waals surface area contributed by atoms with Gasteiger partial charge in [0.1, 0.15) is 0 Å². The summed E-state index contributed by atoms with van der Waals surface area (Å²) < 4.78 is 36.6. The van der Waals surface area contributed by atoms with Crippen LogP contribution in [0.5, 0.6) is 0 Å². The summed E-state index contributed by atoms with van der Waals surface area (Å²) in [6.07, 6.45) is 0. The SMILES string of the molecule is Cl.O=S(=O)(F)F. The monoisotopic (exact) mass is 138 g/mol. The van der Waals surface area contributed by atoms with Crippen molar-refractivity contribution < 1.29 is 16.2 Å². The van der Waals surface area contributed by atoms with Crippen molar-refractivity contribution in [2.24, 2.45) is 0 Å². The molecule has 0 spiro atoms. The van der Waals surface area contributed by atoms with E-state index in [1.807, 2.05) is 0 Å². The van der Waals surface area contributed by atoms with Crippen molar-refractivity contribution in [3.05, 3.63) is 0 Å². The maximum atomic E-state index is 9.99. The summed E-state index contributed by atoms with van der Waals surface area (Å²) in [5, 5.41) is 0. The second-order valence-electron chi connectivity index (χ2n) is 0.378. The Bertz CT molecular complexity index is 94.7. The average molecular weight is 139 g/mol. The lowest BCUT2D eigenvalue weighted by atomic mass is 15.9. The molecule has 0 unspecified atom stereocenters. The minimum absolute atomic E-state index is 0. The topological polar surface area (TPSA) is 34.1 Å². The van der Waals surface area contributed by atoms with E-state index in [9.17, 15) is 7.77 Å². The lowest BCUT2D eigenvalue weighted by Gasteiger charge is -1.57. The van der Waals surface area contributed by atoms with Crippen LogP contribution in [0.4, 0.5) is 7.77 Å². The van der Waals surface area contributed by atoms with Crippen molar-refractivity contribution in [2.75, 3.05) is 0 Å². The third kappa shape index (κ3) is 3940. The lowest BCUT2D eigenvalue weighted by molar-refractivity contribution is 0.501. The molecule has 0 radical (unpaired) electrons. The molecule has 0 aromatic heterocycles. The summed E-state index contributed by atoms with van der Waals surface area (Å²) in [6, 6.07) is 0. The smallest absolute Gasteiger partial charge is 0.160 e. The van der Waals surface area contributed by atoms with Gasteiger partial charge in [-0.15, -0.1) is 12.4 Å². The third-order valence-electron chi connectivity index (χ3n) is 0. The van der Waals surface area contributed by atoms with E-state index in [0.717, 1.165) is 0 Å². The van der Waals surface area contributed by atoms with Crippen LogP contribution in [0.15, 0.2) is 0 Å². The Labute approximate surface area is 40.1 Å². The molecule has 0 heterocycles. The summed E-state index contributed by atoms with van der Waals surface area (Å²) >= 11 is 0. The number of hydrogen-bond donors (Lipinski definition) is 0. The van der Waals surface area contributed by atoms with Gasteiger partial charge in [0.05, 0.1) is 0 Å². The Balaban J connectivity index is 0. The molecular weight excluding hydrogens is 138 g/mol. The van der Waals surface area contributed by atoms with Crippen LogP contribution >= 0.6 is 12.4 Å². The second kappa shape index (κ2) is 2.30. The van der Waals surface area contributed by atoms with Crippen molar-refractivity contribution in [2.45, 2.75) is 0 Å². The van der Waals surface area contributed by atoms with Crippen LogP contribution < -0.4 is 0 Å². The highest BCUT2D eigenvalue weighted by Gasteiger charge is 1.94. The predicted octanol–water partition coefficient (Wildman–Crippen LogP) is 0.592. The van der Waals surface area contributed by atoms with Gasteiger partial charge in [-0.3, -0.25) is 0 Å². The van der Waals surface area contributed by atoms with E-state index in [2.05, 4.69) is 0 Å². The quantitative estimate of drug-likeness (QED) is 0.459. The fraction of sp³-hybridized carbons (Fsp3) is 0. The standard InChI is InChI=1S/ClH.F2O2S/c;1-5(2,3)4/h1H;. The molecule has 6 heteroatoms. The fourth-order valence-corrected chi connectivity index (χ4v) is 0. The zero-order valence-corrected chi connectivity index (χ0v) is 4.02. The zero-order valence-electron chi connectivity index (χ0n) is 2.39. The number of halogens is 3. The average Bonchev–Trinajstić information content (AvgIpc) is 0.722. The summed E-state index contributed by atoms with van der Waals surface area (Å²) in [5.74, 6) is 0. The van der Waals surface area contributed by atoms with E-state index in [4.69, 9.17) is 8.42 Å². The molecular formula is HClF2O2S. The fourth-order valence-electron chi connectivity index (χ4n) is 0. The molecule has 6 heavy (non-hydrogen) atoms. The van der Waals surface area contributed by atoms with Crippen molar-refractivity contribution in [1.29, 1.82) is 0 Å². The van der Waals surface area contributed by atoms with Gasteiger partial charge in [-0.2, -0.15) is 8.42 Å². The number of hydrogen-bond acceptors (Lipinski definition) is 2. The van der Waals surface area contributed by atoms with Crippen LogP contribution in [-0.2, 0) is 10.6 Å². The molecule has 2 nitrogen and oxygen atoms in total. The van der Waals surface area contributed by atoms with Gasteiger partial charge >= 0.3 is 10.6 Å². The van der Waals surface area contributed by atoms with Gasteiger partial charge in [0.15, 0.2) is 0 Å². The van der Waals surface area contributed by atoms with Crippen molar-refractivity contribution >= 4 is 23.0 Å². The van der Waals surface area contributed by atoms with Gasteiger partial charge in [-0.05, 0) is 0 Å². The first-order valence-corrected chi connectivity index (χ1v) is 1.93. The van der Waals surface area contributed by atoms with Gasteiger partial charge in [-0.1, -0.05) is 7.77 Å². The van der Waals surface area contributed by atoms with E-state index in [0.29, 0.717) is 0 Å². The highest BCUT2D eigenvalue weighted by molar-refractivity contribution is 7.81. The molecule has 0 saturated heterocycles. The summed E-state index contributed by atoms with van der Waals surface area (Å²) in [4.78, 5) is 0. The molecule has 0 aromatic carbocycles. The molecule has 40 valence electrons. The molecule has 0 rings (SSSR count). The van der Waals surface area contributed by atoms with Crippen molar-refractivity contribution in [3.63, 3.8) is 0 Å². The Morgan fingerprint density at radius 3 is 1.17 bits per heavy atom. The summed E-state index contributed by atoms with van der Waals surface area (Å²) in [7, 11) is -5.67. The number of rotatable bonds is 0. The van der Waals surface area contributed by atoms with Gasteiger partial charge in [0, 0.05) is 0 Å². The van der Waals surface area contributed by atoms with E-state index in [1.165, 1.54) is 0 Å². The normalized spacial score (nSPS) is 9.67. The Morgan fingerprint density at radius 1 is 1.17 bits per heavy atom. The minimum atomic E-state index is -5.67. The first-order valence-electron chi connectivity index (χ1n) is 0.642. The predicted molar refractivity (Wildman–Crippen MR) is 18.4 cm³/mol. The van der Waals surface area contributed by atoms with Gasteiger partial charge in [0.2, 0.25) is 0 Å². The van der Waals surface area contributed by atoms with Crippen molar-refractivity contribution in [1.82, 2.24) is 0 Å². The van der Waals surface area contributed by atoms with Crippen LogP contribution in [0.2, 0.25) is 0 Å². The Hall–Kier alpha value is 0.1000. The van der Waals surface area contributed by atoms with Gasteiger partial charge in [0.25, 0.3) is 0 Å². The van der Waals surface area contributed by atoms with Crippen LogP contribution in [-0.4, -0.2) is 8.42 Å². The second-order valence-corrected chi connectivity index (χ2v) is 1.14. The van der Waals surface area contributed by atoms with Crippen LogP contribution in [0.1, 0.15) is 0 Å². The molecule has 0 aliphatic heterocycles. The molecule has 0 aliphatic carbocycles.